The molecule has 0 radical (unpaired) electrons. The van der Waals surface area contributed by atoms with Crippen molar-refractivity contribution >= 4 is 17.5 Å². The number of hydrogen-bond donors (Lipinski definition) is 0. The second kappa shape index (κ2) is 8.29. The van der Waals surface area contributed by atoms with Crippen molar-refractivity contribution in [2.24, 2.45) is 10.3 Å². The second-order valence-electron chi connectivity index (χ2n) is 8.13. The fourth-order valence-corrected chi connectivity index (χ4v) is 4.12. The van der Waals surface area contributed by atoms with Crippen molar-refractivity contribution in [3.63, 3.8) is 0 Å². The molecule has 3 aromatic rings. The van der Waals surface area contributed by atoms with Crippen LogP contribution in [0, 0.1) is 13.8 Å². The van der Waals surface area contributed by atoms with E-state index in [1.807, 2.05) is 38.1 Å². The van der Waals surface area contributed by atoms with Gasteiger partial charge >= 0.3 is 0 Å². The molecule has 0 unspecified atom stereocenters. The van der Waals surface area contributed by atoms with Crippen molar-refractivity contribution in [2.45, 2.75) is 32.5 Å². The molecule has 10 heteroatoms. The highest BCUT2D eigenvalue weighted by atomic mass is 16.5. The second-order valence-corrected chi connectivity index (χ2v) is 8.13. The summed E-state index contributed by atoms with van der Waals surface area (Å²) in [5.74, 6) is 1.16. The number of benzene rings is 2. The van der Waals surface area contributed by atoms with E-state index in [0.29, 0.717) is 34.5 Å². The van der Waals surface area contributed by atoms with Gasteiger partial charge in [0.05, 0.1) is 26.5 Å². The Kier molecular flexibility index (Phi) is 5.27. The number of oxazole rings is 1. The number of aromatic nitrogens is 1. The van der Waals surface area contributed by atoms with Gasteiger partial charge in [0.25, 0.3) is 11.8 Å². The summed E-state index contributed by atoms with van der Waals surface area (Å²) < 4.78 is 16.4. The Morgan fingerprint density at radius 3 is 2.41 bits per heavy atom. The molecule has 2 aliphatic heterocycles. The van der Waals surface area contributed by atoms with Crippen LogP contribution in [-0.4, -0.2) is 48.1 Å². The van der Waals surface area contributed by atoms with E-state index in [0.717, 1.165) is 16.0 Å². The first-order valence-corrected chi connectivity index (χ1v) is 10.7. The van der Waals surface area contributed by atoms with Gasteiger partial charge in [-0.1, -0.05) is 22.9 Å². The molecular formula is C24H23N5O5. The fourth-order valence-electron chi connectivity index (χ4n) is 4.12. The first kappa shape index (κ1) is 21.6. The maximum absolute atomic E-state index is 13.3. The molecule has 174 valence electrons. The summed E-state index contributed by atoms with van der Waals surface area (Å²) in [6.07, 6.45) is 0. The van der Waals surface area contributed by atoms with E-state index < -0.39 is 23.9 Å². The molecule has 3 heterocycles. The average molecular weight is 461 g/mol. The van der Waals surface area contributed by atoms with Crippen LogP contribution in [-0.2, 0) is 16.1 Å². The summed E-state index contributed by atoms with van der Waals surface area (Å²) in [4.78, 5) is 32.1. The number of nitrogens with zero attached hydrogens (tertiary/aromatic N) is 5. The van der Waals surface area contributed by atoms with Crippen LogP contribution in [0.2, 0.25) is 0 Å². The van der Waals surface area contributed by atoms with Crippen molar-refractivity contribution in [2.75, 3.05) is 19.1 Å². The maximum Gasteiger partial charge on any atom is 0.263 e. The van der Waals surface area contributed by atoms with Crippen molar-refractivity contribution in [3.05, 3.63) is 59.5 Å². The predicted octanol–water partition coefficient (Wildman–Crippen LogP) is 3.47. The Bertz CT molecular complexity index is 1300. The van der Waals surface area contributed by atoms with Gasteiger partial charge in [-0.3, -0.25) is 14.6 Å². The molecule has 10 nitrogen and oxygen atoms in total. The number of hydrogen-bond acceptors (Lipinski definition) is 9. The summed E-state index contributed by atoms with van der Waals surface area (Å²) in [6, 6.07) is 11.0. The summed E-state index contributed by atoms with van der Waals surface area (Å²) in [6.45, 7) is 4.00. The lowest BCUT2D eigenvalue weighted by Gasteiger charge is -2.20. The third kappa shape index (κ3) is 3.47. The number of imide groups is 1. The number of ether oxygens (including phenoxy) is 2. The normalized spacial score (nSPS) is 19.2. The van der Waals surface area contributed by atoms with Crippen molar-refractivity contribution in [3.8, 4) is 23.0 Å². The van der Waals surface area contributed by atoms with Gasteiger partial charge in [0, 0.05) is 11.6 Å². The van der Waals surface area contributed by atoms with Crippen LogP contribution in [0.25, 0.3) is 11.5 Å². The molecule has 0 aliphatic carbocycles. The quantitative estimate of drug-likeness (QED) is 0.517. The smallest absolute Gasteiger partial charge is 0.263 e. The third-order valence-corrected chi connectivity index (χ3v) is 5.99. The topological polar surface area (TPSA) is 110 Å². The number of aryl methyl sites for hydroxylation is 2. The number of carbonyl (C=O) groups excluding carboxylic acids is 2. The molecular weight excluding hydrogens is 438 g/mol. The first-order valence-electron chi connectivity index (χ1n) is 10.7. The highest BCUT2D eigenvalue weighted by Crippen LogP contribution is 2.37. The minimum absolute atomic E-state index is 0.185. The lowest BCUT2D eigenvalue weighted by Crippen LogP contribution is -2.39. The predicted molar refractivity (Wildman–Crippen MR) is 121 cm³/mol. The molecule has 1 aromatic heterocycles. The molecule has 2 amide bonds. The molecule has 1 fully saturated rings. The van der Waals surface area contributed by atoms with Crippen LogP contribution in [0.15, 0.2) is 57.2 Å². The lowest BCUT2D eigenvalue weighted by molar-refractivity contribution is -0.123. The minimum atomic E-state index is -0.913. The number of methoxy groups -OCH3 is 2. The average Bonchev–Trinajstić information content (AvgIpc) is 3.49. The Morgan fingerprint density at radius 2 is 1.71 bits per heavy atom. The van der Waals surface area contributed by atoms with E-state index in [9.17, 15) is 9.59 Å². The van der Waals surface area contributed by atoms with Crippen LogP contribution in [0.1, 0.15) is 17.0 Å². The molecule has 0 saturated carbocycles. The van der Waals surface area contributed by atoms with Crippen molar-refractivity contribution < 1.29 is 23.5 Å². The fraction of sp³-hybridized carbons (Fsp3) is 0.292. The molecule has 2 atom stereocenters. The minimum Gasteiger partial charge on any atom is -0.493 e. The van der Waals surface area contributed by atoms with Gasteiger partial charge < -0.3 is 13.9 Å². The largest absolute Gasteiger partial charge is 0.493 e. The Hall–Kier alpha value is -4.21. The number of fused-ring (bicyclic) bond motifs is 1. The van der Waals surface area contributed by atoms with Gasteiger partial charge in [-0.25, -0.2) is 9.88 Å². The number of amides is 2. The molecule has 34 heavy (non-hydrogen) atoms. The zero-order valence-corrected chi connectivity index (χ0v) is 19.2. The number of rotatable bonds is 6. The van der Waals surface area contributed by atoms with Crippen LogP contribution in [0.5, 0.6) is 11.5 Å². The lowest BCUT2D eigenvalue weighted by atomic mass is 10.1. The van der Waals surface area contributed by atoms with E-state index in [2.05, 4.69) is 15.3 Å². The van der Waals surface area contributed by atoms with Crippen LogP contribution < -0.4 is 14.4 Å². The zero-order valence-electron chi connectivity index (χ0n) is 19.2. The van der Waals surface area contributed by atoms with Crippen LogP contribution in [0.3, 0.4) is 0 Å². The highest BCUT2D eigenvalue weighted by molar-refractivity contribution is 6.25. The summed E-state index contributed by atoms with van der Waals surface area (Å²) in [5.41, 5.74) is 3.00. The van der Waals surface area contributed by atoms with E-state index >= 15 is 0 Å². The van der Waals surface area contributed by atoms with Crippen LogP contribution >= 0.6 is 0 Å². The van der Waals surface area contributed by atoms with Gasteiger partial charge in [-0.15, -0.1) is 0 Å². The Labute approximate surface area is 195 Å². The Balaban J connectivity index is 1.39. The molecule has 2 aromatic carbocycles. The van der Waals surface area contributed by atoms with Gasteiger partial charge in [-0.05, 0) is 38.1 Å². The molecule has 0 N–H and O–H groups in total. The number of anilines is 1. The standard InChI is InChI=1S/C24H23N5O5/c1-13-5-7-15(8-6-13)22-25-17(14(2)34-22)12-28-21-20(26-27-28)23(30)29(24(21)31)16-9-10-18(32-3)19(11-16)33-4/h5-11,20-21H,12H2,1-4H3/t20-,21-/m0/s1. The molecule has 0 bridgehead atoms. The monoisotopic (exact) mass is 461 g/mol. The van der Waals surface area contributed by atoms with Crippen molar-refractivity contribution in [1.82, 2.24) is 9.99 Å². The first-order chi connectivity index (χ1) is 16.4. The van der Waals surface area contributed by atoms with Gasteiger partial charge in [0.1, 0.15) is 11.5 Å². The third-order valence-electron chi connectivity index (χ3n) is 5.99. The highest BCUT2D eigenvalue weighted by Gasteiger charge is 2.55. The summed E-state index contributed by atoms with van der Waals surface area (Å²) >= 11 is 0. The van der Waals surface area contributed by atoms with E-state index in [1.165, 1.54) is 19.2 Å². The maximum atomic E-state index is 13.3. The molecule has 5 rings (SSSR count). The number of carbonyl (C=O) groups is 2. The zero-order chi connectivity index (χ0) is 24.0. The summed E-state index contributed by atoms with van der Waals surface area (Å²) in [5, 5.41) is 9.69. The SMILES string of the molecule is COc1ccc(N2C(=O)[C@H]3N=NN(Cc4nc(-c5ccc(C)cc5)oc4C)[C@@H]3C2=O)cc1OC. The molecule has 1 saturated heterocycles. The summed E-state index contributed by atoms with van der Waals surface area (Å²) in [7, 11) is 3.01. The van der Waals surface area contributed by atoms with Crippen LogP contribution in [0.4, 0.5) is 5.69 Å². The molecule has 2 aliphatic rings. The van der Waals surface area contributed by atoms with E-state index in [4.69, 9.17) is 13.9 Å². The van der Waals surface area contributed by atoms with Gasteiger partial charge in [0.2, 0.25) is 5.89 Å². The van der Waals surface area contributed by atoms with E-state index in [1.54, 1.807) is 18.2 Å². The van der Waals surface area contributed by atoms with Crippen molar-refractivity contribution in [1.29, 1.82) is 0 Å². The van der Waals surface area contributed by atoms with Gasteiger partial charge in [0.15, 0.2) is 23.6 Å². The van der Waals surface area contributed by atoms with E-state index in [-0.39, 0.29) is 6.54 Å². The Morgan fingerprint density at radius 1 is 0.971 bits per heavy atom. The van der Waals surface area contributed by atoms with Gasteiger partial charge in [-0.2, -0.15) is 5.11 Å². The molecule has 0 spiro atoms.